The lowest BCUT2D eigenvalue weighted by molar-refractivity contribution is 0.167. The number of ether oxygens (including phenoxy) is 1. The Hall–Kier alpha value is -4.67. The van der Waals surface area contributed by atoms with Crippen molar-refractivity contribution in [2.45, 2.75) is 13.3 Å². The van der Waals surface area contributed by atoms with E-state index in [2.05, 4.69) is 25.5 Å². The highest BCUT2D eigenvalue weighted by molar-refractivity contribution is 5.88. The van der Waals surface area contributed by atoms with E-state index >= 15 is 0 Å². The predicted octanol–water partition coefficient (Wildman–Crippen LogP) is 5.04. The minimum Gasteiger partial charge on any atom is -0.450 e. The third-order valence-corrected chi connectivity index (χ3v) is 5.60. The number of aromatic nitrogens is 4. The van der Waals surface area contributed by atoms with Gasteiger partial charge in [-0.1, -0.05) is 12.1 Å². The van der Waals surface area contributed by atoms with Crippen molar-refractivity contribution >= 4 is 33.8 Å². The van der Waals surface area contributed by atoms with Crippen LogP contribution in [0.25, 0.3) is 32.9 Å². The molecule has 0 saturated carbocycles. The van der Waals surface area contributed by atoms with Crippen molar-refractivity contribution < 1.29 is 22.7 Å². The van der Waals surface area contributed by atoms with Crippen molar-refractivity contribution in [3.63, 3.8) is 0 Å². The van der Waals surface area contributed by atoms with Gasteiger partial charge in [0.2, 0.25) is 5.95 Å². The van der Waals surface area contributed by atoms with E-state index in [-0.39, 0.29) is 35.6 Å². The zero-order valence-corrected chi connectivity index (χ0v) is 18.8. The normalized spacial score (nSPS) is 11.2. The van der Waals surface area contributed by atoms with Gasteiger partial charge in [-0.2, -0.15) is 5.10 Å². The molecule has 8 nitrogen and oxygen atoms in total. The second kappa shape index (κ2) is 9.17. The van der Waals surface area contributed by atoms with E-state index in [1.165, 1.54) is 12.1 Å². The Morgan fingerprint density at radius 3 is 2.53 bits per heavy atom. The third kappa shape index (κ3) is 4.26. The highest BCUT2D eigenvalue weighted by atomic mass is 19.1. The molecular weight excluding hydrogens is 475 g/mol. The van der Waals surface area contributed by atoms with Gasteiger partial charge in [-0.25, -0.2) is 28.0 Å². The largest absolute Gasteiger partial charge is 0.450 e. The quantitative estimate of drug-likeness (QED) is 0.317. The van der Waals surface area contributed by atoms with Gasteiger partial charge in [-0.3, -0.25) is 10.1 Å². The maximum Gasteiger partial charge on any atom is 0.413 e. The van der Waals surface area contributed by atoms with Crippen molar-refractivity contribution in [1.82, 2.24) is 20.2 Å². The summed E-state index contributed by atoms with van der Waals surface area (Å²) < 4.78 is 48.4. The summed E-state index contributed by atoms with van der Waals surface area (Å²) in [4.78, 5) is 30.9. The first-order valence-corrected chi connectivity index (χ1v) is 10.9. The monoisotopic (exact) mass is 493 g/mol. The molecule has 182 valence electrons. The molecule has 3 N–H and O–H groups in total. The number of H-pyrrole nitrogens is 2. The van der Waals surface area contributed by atoms with Crippen molar-refractivity contribution in [1.29, 1.82) is 0 Å². The smallest absolute Gasteiger partial charge is 0.413 e. The molecule has 0 radical (unpaired) electrons. The number of imidazole rings is 1. The van der Waals surface area contributed by atoms with Crippen LogP contribution >= 0.6 is 0 Å². The average molecular weight is 493 g/mol. The van der Waals surface area contributed by atoms with Gasteiger partial charge in [-0.15, -0.1) is 0 Å². The van der Waals surface area contributed by atoms with E-state index in [4.69, 9.17) is 4.74 Å². The van der Waals surface area contributed by atoms with Gasteiger partial charge in [0, 0.05) is 17.4 Å². The first kappa shape index (κ1) is 23.1. The maximum atomic E-state index is 14.8. The SMILES string of the molecule is CCOC(=O)Nc1nc2cc(-c3cc(Cc4n[nH]c(=O)c5c(F)ccc(F)c45)ccc3F)ccc2[nH]1. The number of fused-ring (bicyclic) bond motifs is 2. The number of carbonyl (C=O) groups is 1. The summed E-state index contributed by atoms with van der Waals surface area (Å²) in [6.07, 6.45) is -0.644. The molecule has 0 aliphatic rings. The number of nitrogens with one attached hydrogen (secondary N) is 3. The number of hydrogen-bond donors (Lipinski definition) is 3. The van der Waals surface area contributed by atoms with Crippen molar-refractivity contribution in [2.24, 2.45) is 0 Å². The Balaban J connectivity index is 1.51. The number of amides is 1. The van der Waals surface area contributed by atoms with Crippen LogP contribution in [0.3, 0.4) is 0 Å². The zero-order chi connectivity index (χ0) is 25.4. The topological polar surface area (TPSA) is 113 Å². The number of aromatic amines is 2. The molecule has 0 unspecified atom stereocenters. The standard InChI is InChI=1S/C25H18F3N5O3/c1-2-36-25(35)31-24-29-18-8-4-13(11-19(18)30-24)14-9-12(3-5-15(14)26)10-20-21-16(27)6-7-17(28)22(21)23(34)33-32-20/h3-9,11H,2,10H2,1H3,(H,33,34)(H2,29,30,31,35). The van der Waals surface area contributed by atoms with Crippen molar-refractivity contribution in [3.8, 4) is 11.1 Å². The first-order chi connectivity index (χ1) is 17.3. The second-order valence-corrected chi connectivity index (χ2v) is 7.93. The number of hydrogen-bond acceptors (Lipinski definition) is 5. The fourth-order valence-corrected chi connectivity index (χ4v) is 4.01. The van der Waals surface area contributed by atoms with E-state index in [1.807, 2.05) is 0 Å². The lowest BCUT2D eigenvalue weighted by Crippen LogP contribution is -2.14. The molecule has 11 heteroatoms. The van der Waals surface area contributed by atoms with Gasteiger partial charge in [0.15, 0.2) is 0 Å². The molecule has 36 heavy (non-hydrogen) atoms. The van der Waals surface area contributed by atoms with E-state index in [1.54, 1.807) is 31.2 Å². The molecule has 3 aromatic carbocycles. The summed E-state index contributed by atoms with van der Waals surface area (Å²) >= 11 is 0. The lowest BCUT2D eigenvalue weighted by Gasteiger charge is -2.09. The molecule has 5 aromatic rings. The van der Waals surface area contributed by atoms with E-state index in [0.717, 1.165) is 12.1 Å². The first-order valence-electron chi connectivity index (χ1n) is 10.9. The Morgan fingerprint density at radius 1 is 1.00 bits per heavy atom. The van der Waals surface area contributed by atoms with Gasteiger partial charge in [0.1, 0.15) is 17.5 Å². The van der Waals surface area contributed by atoms with Crippen LogP contribution in [0.1, 0.15) is 18.2 Å². The fourth-order valence-electron chi connectivity index (χ4n) is 4.01. The van der Waals surface area contributed by atoms with Crippen LogP contribution in [0, 0.1) is 17.5 Å². The summed E-state index contributed by atoms with van der Waals surface area (Å²) in [6, 6.07) is 11.2. The van der Waals surface area contributed by atoms with Gasteiger partial charge < -0.3 is 9.72 Å². The van der Waals surface area contributed by atoms with Gasteiger partial charge in [-0.05, 0) is 54.4 Å². The summed E-state index contributed by atoms with van der Waals surface area (Å²) in [6.45, 7) is 1.88. The molecular formula is C25H18F3N5O3. The number of benzene rings is 3. The van der Waals surface area contributed by atoms with E-state index < -0.39 is 34.5 Å². The van der Waals surface area contributed by atoms with Crippen LogP contribution in [-0.4, -0.2) is 32.9 Å². The number of nitrogens with zero attached hydrogens (tertiary/aromatic N) is 2. The minimum absolute atomic E-state index is 0.0131. The van der Waals surface area contributed by atoms with Crippen LogP contribution in [0.15, 0.2) is 53.3 Å². The number of halogens is 3. The average Bonchev–Trinajstić information content (AvgIpc) is 3.25. The molecule has 0 bridgehead atoms. The number of anilines is 1. The predicted molar refractivity (Wildman–Crippen MR) is 127 cm³/mol. The molecule has 0 aliphatic heterocycles. The summed E-state index contributed by atoms with van der Waals surface area (Å²) in [5, 5.41) is 7.95. The summed E-state index contributed by atoms with van der Waals surface area (Å²) in [7, 11) is 0. The third-order valence-electron chi connectivity index (χ3n) is 5.60. The van der Waals surface area contributed by atoms with Crippen LogP contribution in [-0.2, 0) is 11.2 Å². The molecule has 2 heterocycles. The van der Waals surface area contributed by atoms with Gasteiger partial charge in [0.25, 0.3) is 5.56 Å². The molecule has 2 aromatic heterocycles. The molecule has 1 amide bonds. The van der Waals surface area contributed by atoms with E-state index in [0.29, 0.717) is 22.2 Å². The molecule has 0 aliphatic carbocycles. The zero-order valence-electron chi connectivity index (χ0n) is 18.8. The molecule has 5 rings (SSSR count). The molecule has 0 fully saturated rings. The lowest BCUT2D eigenvalue weighted by atomic mass is 9.98. The Labute approximate surface area is 201 Å². The highest BCUT2D eigenvalue weighted by Crippen LogP contribution is 2.29. The number of rotatable bonds is 5. The molecule has 0 spiro atoms. The van der Waals surface area contributed by atoms with Crippen molar-refractivity contribution in [3.05, 3.63) is 87.6 Å². The minimum atomic E-state index is -0.861. The second-order valence-electron chi connectivity index (χ2n) is 7.93. The van der Waals surface area contributed by atoms with Crippen LogP contribution in [0.4, 0.5) is 23.9 Å². The van der Waals surface area contributed by atoms with Gasteiger partial charge >= 0.3 is 6.09 Å². The summed E-state index contributed by atoms with van der Waals surface area (Å²) in [5.74, 6) is -1.96. The molecule has 0 atom stereocenters. The fraction of sp³-hybridized carbons (Fsp3) is 0.120. The Bertz CT molecular complexity index is 1700. The van der Waals surface area contributed by atoms with Gasteiger partial charge in [0.05, 0.1) is 28.7 Å². The Morgan fingerprint density at radius 2 is 1.75 bits per heavy atom. The maximum absolute atomic E-state index is 14.8. The van der Waals surface area contributed by atoms with Crippen LogP contribution in [0.5, 0.6) is 0 Å². The number of carbonyl (C=O) groups excluding carboxylic acids is 1. The Kier molecular flexibility index (Phi) is 5.88. The van der Waals surface area contributed by atoms with Crippen molar-refractivity contribution in [2.75, 3.05) is 11.9 Å². The van der Waals surface area contributed by atoms with Crippen LogP contribution < -0.4 is 10.9 Å². The van der Waals surface area contributed by atoms with Crippen LogP contribution in [0.2, 0.25) is 0 Å². The van der Waals surface area contributed by atoms with E-state index in [9.17, 15) is 22.8 Å². The highest BCUT2D eigenvalue weighted by Gasteiger charge is 2.17. The molecule has 0 saturated heterocycles. The summed E-state index contributed by atoms with van der Waals surface area (Å²) in [5.41, 5.74) is 1.68.